The Morgan fingerprint density at radius 3 is 2.47 bits per heavy atom. The summed E-state index contributed by atoms with van der Waals surface area (Å²) < 4.78 is 33.9. The Morgan fingerprint density at radius 1 is 1.06 bits per heavy atom. The van der Waals surface area contributed by atoms with Gasteiger partial charge in [-0.2, -0.15) is 0 Å². The van der Waals surface area contributed by atoms with Crippen LogP contribution in [0.3, 0.4) is 0 Å². The fourth-order valence-corrected chi connectivity index (χ4v) is 5.84. The summed E-state index contributed by atoms with van der Waals surface area (Å²) in [5.74, 6) is -0.360. The van der Waals surface area contributed by atoms with Crippen molar-refractivity contribution in [2.24, 2.45) is 0 Å². The van der Waals surface area contributed by atoms with E-state index in [1.807, 2.05) is 49.4 Å². The van der Waals surface area contributed by atoms with E-state index in [0.717, 1.165) is 22.5 Å². The second kappa shape index (κ2) is 9.45. The highest BCUT2D eigenvalue weighted by Gasteiger charge is 2.36. The molecule has 2 heterocycles. The third-order valence-corrected chi connectivity index (χ3v) is 8.29. The predicted molar refractivity (Wildman–Crippen MR) is 122 cm³/mol. The van der Waals surface area contributed by atoms with Crippen molar-refractivity contribution in [2.45, 2.75) is 29.5 Å². The number of aryl methyl sites for hydroxylation is 1. The lowest BCUT2D eigenvalue weighted by atomic mass is 9.74. The monoisotopic (exact) mass is 472 g/mol. The Kier molecular flexibility index (Phi) is 6.66. The summed E-state index contributed by atoms with van der Waals surface area (Å²) in [4.78, 5) is 12.5. The van der Waals surface area contributed by atoms with E-state index in [4.69, 9.17) is 4.74 Å². The van der Waals surface area contributed by atoms with Gasteiger partial charge in [0.1, 0.15) is 0 Å². The zero-order valence-electron chi connectivity index (χ0n) is 17.6. The molecule has 1 aromatic heterocycles. The molecule has 8 nitrogen and oxygen atoms in total. The number of hydrogen-bond acceptors (Lipinski definition) is 7. The molecule has 1 aliphatic heterocycles. The van der Waals surface area contributed by atoms with Gasteiger partial charge in [0.15, 0.2) is 0 Å². The molecule has 3 aromatic rings. The number of nitrogens with zero attached hydrogens (tertiary/aromatic N) is 2. The van der Waals surface area contributed by atoms with E-state index in [1.54, 1.807) is 12.1 Å². The van der Waals surface area contributed by atoms with Crippen molar-refractivity contribution >= 4 is 32.4 Å². The van der Waals surface area contributed by atoms with Crippen LogP contribution in [-0.2, 0) is 20.2 Å². The lowest BCUT2D eigenvalue weighted by Crippen LogP contribution is -2.44. The number of hydrogen-bond donors (Lipinski definition) is 2. The van der Waals surface area contributed by atoms with Crippen molar-refractivity contribution in [1.82, 2.24) is 14.9 Å². The molecular formula is C22H24N4O4S2. The van der Waals surface area contributed by atoms with Gasteiger partial charge >= 0.3 is 0 Å². The van der Waals surface area contributed by atoms with Crippen LogP contribution < -0.4 is 10.0 Å². The molecule has 10 heteroatoms. The van der Waals surface area contributed by atoms with Crippen molar-refractivity contribution in [3.8, 4) is 0 Å². The average molecular weight is 473 g/mol. The van der Waals surface area contributed by atoms with Crippen LogP contribution >= 0.6 is 11.3 Å². The first-order valence-corrected chi connectivity index (χ1v) is 12.5. The molecule has 0 spiro atoms. The van der Waals surface area contributed by atoms with Crippen molar-refractivity contribution in [3.05, 3.63) is 71.3 Å². The second-order valence-electron chi connectivity index (χ2n) is 7.73. The van der Waals surface area contributed by atoms with E-state index in [-0.39, 0.29) is 27.3 Å². The Hall–Kier alpha value is -2.66. The maximum Gasteiger partial charge on any atom is 0.269 e. The van der Waals surface area contributed by atoms with Crippen molar-refractivity contribution < 1.29 is 17.9 Å². The molecule has 1 saturated heterocycles. The average Bonchev–Trinajstić information content (AvgIpc) is 3.29. The van der Waals surface area contributed by atoms with Gasteiger partial charge in [0.25, 0.3) is 15.9 Å². The summed E-state index contributed by atoms with van der Waals surface area (Å²) >= 11 is 0.821. The van der Waals surface area contributed by atoms with E-state index in [2.05, 4.69) is 20.2 Å². The van der Waals surface area contributed by atoms with E-state index in [1.165, 1.54) is 0 Å². The minimum absolute atomic E-state index is 0.127. The Morgan fingerprint density at radius 2 is 1.75 bits per heavy atom. The normalized spacial score (nSPS) is 15.9. The Balaban J connectivity index is 1.47. The lowest BCUT2D eigenvalue weighted by Gasteiger charge is -2.37. The van der Waals surface area contributed by atoms with Gasteiger partial charge in [0, 0.05) is 30.7 Å². The summed E-state index contributed by atoms with van der Waals surface area (Å²) in [6.45, 7) is 3.20. The Labute approximate surface area is 191 Å². The van der Waals surface area contributed by atoms with Gasteiger partial charge < -0.3 is 4.74 Å². The SMILES string of the molecule is Cc1ccccc1C(=O)Nc1nnc(S(=O)(=O)NCC2(c3ccccc3)CCOCC2)s1. The third kappa shape index (κ3) is 4.88. The highest BCUT2D eigenvalue weighted by atomic mass is 32.2. The molecule has 1 amide bonds. The van der Waals surface area contributed by atoms with Crippen molar-refractivity contribution in [2.75, 3.05) is 25.1 Å². The van der Waals surface area contributed by atoms with Crippen LogP contribution in [0.4, 0.5) is 5.13 Å². The molecule has 2 N–H and O–H groups in total. The molecule has 0 atom stereocenters. The van der Waals surface area contributed by atoms with Crippen LogP contribution in [0.1, 0.15) is 34.3 Å². The number of ether oxygens (including phenoxy) is 1. The van der Waals surface area contributed by atoms with E-state index < -0.39 is 10.0 Å². The minimum atomic E-state index is -3.89. The first-order chi connectivity index (χ1) is 15.4. The minimum Gasteiger partial charge on any atom is -0.381 e. The second-order valence-corrected chi connectivity index (χ2v) is 10.6. The summed E-state index contributed by atoms with van der Waals surface area (Å²) in [5.41, 5.74) is 2.04. The van der Waals surface area contributed by atoms with Crippen LogP contribution in [0.2, 0.25) is 0 Å². The number of carbonyl (C=O) groups excluding carboxylic acids is 1. The fourth-order valence-electron chi connectivity index (χ4n) is 3.78. The van der Waals surface area contributed by atoms with Crippen molar-refractivity contribution in [3.63, 3.8) is 0 Å². The Bertz CT molecular complexity index is 1190. The summed E-state index contributed by atoms with van der Waals surface area (Å²) in [7, 11) is -3.89. The number of carbonyl (C=O) groups is 1. The van der Waals surface area contributed by atoms with Gasteiger partial charge in [0.2, 0.25) is 9.47 Å². The van der Waals surface area contributed by atoms with Gasteiger partial charge in [-0.25, -0.2) is 13.1 Å². The van der Waals surface area contributed by atoms with E-state index in [0.29, 0.717) is 31.6 Å². The first kappa shape index (κ1) is 22.5. The topological polar surface area (TPSA) is 110 Å². The smallest absolute Gasteiger partial charge is 0.269 e. The molecule has 0 radical (unpaired) electrons. The predicted octanol–water partition coefficient (Wildman–Crippen LogP) is 3.13. The number of benzene rings is 2. The first-order valence-electron chi connectivity index (χ1n) is 10.2. The standard InChI is InChI=1S/C22H24N4O4S2/c1-16-7-5-6-10-18(16)19(27)24-20-25-26-21(31-20)32(28,29)23-15-22(11-13-30-14-12-22)17-8-3-2-4-9-17/h2-10,23H,11-15H2,1H3,(H,24,25,27). The number of rotatable bonds is 7. The van der Waals surface area contributed by atoms with Gasteiger partial charge in [-0.1, -0.05) is 59.9 Å². The molecular weight excluding hydrogens is 448 g/mol. The fraction of sp³-hybridized carbons (Fsp3) is 0.318. The molecule has 168 valence electrons. The van der Waals surface area contributed by atoms with E-state index >= 15 is 0 Å². The van der Waals surface area contributed by atoms with E-state index in [9.17, 15) is 13.2 Å². The van der Waals surface area contributed by atoms with Gasteiger partial charge in [-0.05, 0) is 37.0 Å². The van der Waals surface area contributed by atoms with Gasteiger partial charge in [-0.3, -0.25) is 10.1 Å². The number of amides is 1. The summed E-state index contributed by atoms with van der Waals surface area (Å²) in [6.07, 6.45) is 1.43. The number of aromatic nitrogens is 2. The molecule has 2 aromatic carbocycles. The summed E-state index contributed by atoms with van der Waals surface area (Å²) in [6, 6.07) is 17.0. The molecule has 1 fully saturated rings. The molecule has 32 heavy (non-hydrogen) atoms. The zero-order chi connectivity index (χ0) is 22.6. The van der Waals surface area contributed by atoms with Crippen LogP contribution in [0.15, 0.2) is 58.9 Å². The van der Waals surface area contributed by atoms with Crippen LogP contribution in [0.25, 0.3) is 0 Å². The molecule has 1 aliphatic rings. The maximum absolute atomic E-state index is 12.9. The zero-order valence-corrected chi connectivity index (χ0v) is 19.2. The quantitative estimate of drug-likeness (QED) is 0.511. The lowest BCUT2D eigenvalue weighted by molar-refractivity contribution is 0.0517. The third-order valence-electron chi connectivity index (χ3n) is 5.68. The van der Waals surface area contributed by atoms with Crippen molar-refractivity contribution in [1.29, 1.82) is 0 Å². The summed E-state index contributed by atoms with van der Waals surface area (Å²) in [5, 5.41) is 10.4. The van der Waals surface area contributed by atoms with Crippen LogP contribution in [0.5, 0.6) is 0 Å². The van der Waals surface area contributed by atoms with Gasteiger partial charge in [0.05, 0.1) is 0 Å². The van der Waals surface area contributed by atoms with Gasteiger partial charge in [-0.15, -0.1) is 10.2 Å². The number of sulfonamides is 1. The number of nitrogens with one attached hydrogen (secondary N) is 2. The molecule has 0 bridgehead atoms. The van der Waals surface area contributed by atoms with Crippen LogP contribution in [-0.4, -0.2) is 44.3 Å². The highest BCUT2D eigenvalue weighted by molar-refractivity contribution is 7.91. The molecule has 0 saturated carbocycles. The highest BCUT2D eigenvalue weighted by Crippen LogP contribution is 2.34. The largest absolute Gasteiger partial charge is 0.381 e. The molecule has 0 unspecified atom stereocenters. The molecule has 4 rings (SSSR count). The van der Waals surface area contributed by atoms with Crippen LogP contribution in [0, 0.1) is 6.92 Å². The maximum atomic E-state index is 12.9. The number of anilines is 1. The molecule has 0 aliphatic carbocycles.